The van der Waals surface area contributed by atoms with Gasteiger partial charge in [-0.2, -0.15) is 0 Å². The van der Waals surface area contributed by atoms with Crippen LogP contribution < -0.4 is 0 Å². The number of hydrogen-bond donors (Lipinski definition) is 0. The lowest BCUT2D eigenvalue weighted by atomic mass is 9.93. The average Bonchev–Trinajstić information content (AvgIpc) is 2.68. The summed E-state index contributed by atoms with van der Waals surface area (Å²) in [5, 5.41) is 0. The summed E-state index contributed by atoms with van der Waals surface area (Å²) >= 11 is 0. The van der Waals surface area contributed by atoms with E-state index in [4.69, 9.17) is 0 Å². The first-order valence-electron chi connectivity index (χ1n) is 7.94. The van der Waals surface area contributed by atoms with Crippen LogP contribution in [0.3, 0.4) is 0 Å². The number of benzene rings is 3. The largest absolute Gasteiger partial charge is 0.203 e. The van der Waals surface area contributed by atoms with Crippen LogP contribution in [0.5, 0.6) is 0 Å². The molecule has 0 nitrogen and oxygen atoms in total. The Morgan fingerprint density at radius 2 is 0.793 bits per heavy atom. The van der Waals surface area contributed by atoms with E-state index in [9.17, 15) is 39.5 Å². The fraction of sp³-hybridized carbons (Fsp3) is 0.100. The number of hydrogen-bond acceptors (Lipinski definition) is 0. The first-order chi connectivity index (χ1) is 13.5. The van der Waals surface area contributed by atoms with Gasteiger partial charge < -0.3 is 0 Å². The Balaban J connectivity index is 2.44. The van der Waals surface area contributed by atoms with E-state index >= 15 is 0 Å². The van der Waals surface area contributed by atoms with Crippen molar-refractivity contribution in [2.24, 2.45) is 0 Å². The molecule has 0 heterocycles. The molecule has 0 atom stereocenters. The lowest BCUT2D eigenvalue weighted by molar-refractivity contribution is 0.379. The zero-order valence-electron chi connectivity index (χ0n) is 14.6. The maximum Gasteiger partial charge on any atom is 0.200 e. The van der Waals surface area contributed by atoms with Gasteiger partial charge in [0.2, 0.25) is 5.82 Å². The molecular weight excluding hydrogens is 411 g/mol. The van der Waals surface area contributed by atoms with E-state index in [1.165, 1.54) is 26.0 Å². The Morgan fingerprint density at radius 1 is 0.448 bits per heavy atom. The summed E-state index contributed by atoms with van der Waals surface area (Å²) in [6.45, 7) is 2.93. The summed E-state index contributed by atoms with van der Waals surface area (Å²) in [6.07, 6.45) is 0. The molecule has 3 aromatic rings. The first kappa shape index (κ1) is 20.8. The van der Waals surface area contributed by atoms with Gasteiger partial charge >= 0.3 is 0 Å². The summed E-state index contributed by atoms with van der Waals surface area (Å²) in [5.74, 6) is -21.6. The molecule has 0 aliphatic rings. The summed E-state index contributed by atoms with van der Waals surface area (Å²) in [4.78, 5) is 0. The molecule has 0 aliphatic heterocycles. The van der Waals surface area contributed by atoms with Crippen LogP contribution in [0.4, 0.5) is 39.5 Å². The number of aryl methyl sites for hydroxylation is 2. The van der Waals surface area contributed by atoms with E-state index < -0.39 is 69.0 Å². The van der Waals surface area contributed by atoms with E-state index in [0.29, 0.717) is 5.56 Å². The summed E-state index contributed by atoms with van der Waals surface area (Å²) < 4.78 is 126. The van der Waals surface area contributed by atoms with E-state index in [1.54, 1.807) is 6.07 Å². The second-order valence-electron chi connectivity index (χ2n) is 6.27. The second kappa shape index (κ2) is 7.13. The molecule has 0 aliphatic carbocycles. The molecule has 0 saturated carbocycles. The van der Waals surface area contributed by atoms with Gasteiger partial charge in [0, 0.05) is 0 Å². The van der Waals surface area contributed by atoms with E-state index in [1.807, 2.05) is 0 Å². The first-order valence-corrected chi connectivity index (χ1v) is 7.94. The highest BCUT2D eigenvalue weighted by atomic mass is 19.2. The molecule has 3 rings (SSSR count). The van der Waals surface area contributed by atoms with Crippen LogP contribution in [0.15, 0.2) is 18.2 Å². The molecule has 9 heteroatoms. The van der Waals surface area contributed by atoms with Crippen molar-refractivity contribution in [3.63, 3.8) is 0 Å². The third-order valence-corrected chi connectivity index (χ3v) is 4.39. The van der Waals surface area contributed by atoms with Crippen molar-refractivity contribution < 1.29 is 39.5 Å². The highest BCUT2D eigenvalue weighted by molar-refractivity contribution is 5.75. The Bertz CT molecular complexity index is 1110. The summed E-state index contributed by atoms with van der Waals surface area (Å²) in [6, 6.07) is 4.19. The van der Waals surface area contributed by atoms with Gasteiger partial charge in [-0.25, -0.2) is 39.5 Å². The monoisotopic (exact) mass is 420 g/mol. The lowest BCUT2D eigenvalue weighted by Crippen LogP contribution is -2.10. The second-order valence-corrected chi connectivity index (χ2v) is 6.27. The Kier molecular flexibility index (Phi) is 5.10. The van der Waals surface area contributed by atoms with Crippen LogP contribution in [0.25, 0.3) is 22.3 Å². The lowest BCUT2D eigenvalue weighted by Gasteiger charge is -2.16. The van der Waals surface area contributed by atoms with Crippen molar-refractivity contribution in [1.29, 1.82) is 0 Å². The van der Waals surface area contributed by atoms with Gasteiger partial charge in [0.05, 0.1) is 16.7 Å². The van der Waals surface area contributed by atoms with Crippen molar-refractivity contribution in [2.75, 3.05) is 0 Å². The van der Waals surface area contributed by atoms with Crippen molar-refractivity contribution in [1.82, 2.24) is 0 Å². The molecular formula is C20H9F9. The molecule has 0 fully saturated rings. The molecule has 0 bridgehead atoms. The molecule has 0 aromatic heterocycles. The van der Waals surface area contributed by atoms with E-state index in [2.05, 4.69) is 0 Å². The average molecular weight is 420 g/mol. The van der Waals surface area contributed by atoms with Crippen LogP contribution in [0, 0.1) is 66.2 Å². The van der Waals surface area contributed by atoms with Crippen molar-refractivity contribution in [3.05, 3.63) is 81.7 Å². The Hall–Kier alpha value is -2.97. The topological polar surface area (TPSA) is 0 Å². The highest BCUT2D eigenvalue weighted by Gasteiger charge is 2.34. The number of rotatable bonds is 2. The molecule has 152 valence electrons. The molecule has 0 saturated heterocycles. The third-order valence-electron chi connectivity index (χ3n) is 4.39. The minimum absolute atomic E-state index is 0.219. The van der Waals surface area contributed by atoms with Gasteiger partial charge in [-0.05, 0) is 25.0 Å². The fourth-order valence-electron chi connectivity index (χ4n) is 2.92. The van der Waals surface area contributed by atoms with E-state index in [0.717, 1.165) is 0 Å². The van der Waals surface area contributed by atoms with Crippen LogP contribution in [0.2, 0.25) is 0 Å². The molecule has 3 aromatic carbocycles. The Morgan fingerprint density at radius 3 is 1.24 bits per heavy atom. The van der Waals surface area contributed by atoms with Crippen LogP contribution >= 0.6 is 0 Å². The van der Waals surface area contributed by atoms with Crippen molar-refractivity contribution in [3.8, 4) is 22.3 Å². The predicted octanol–water partition coefficient (Wildman–Crippen LogP) is 6.89. The molecule has 0 spiro atoms. The van der Waals surface area contributed by atoms with Crippen molar-refractivity contribution in [2.45, 2.75) is 13.8 Å². The zero-order chi connectivity index (χ0) is 21.8. The Labute approximate surface area is 158 Å². The molecule has 0 unspecified atom stereocenters. The zero-order valence-corrected chi connectivity index (χ0v) is 14.6. The fourth-order valence-corrected chi connectivity index (χ4v) is 2.92. The SMILES string of the molecule is Cc1ccc(C)c(-c2c(F)c(F)c(-c3c(F)c(F)c(F)c(F)c3F)c(F)c2F)c1. The minimum atomic E-state index is -2.60. The quantitative estimate of drug-likeness (QED) is 0.241. The van der Waals surface area contributed by atoms with Gasteiger partial charge in [-0.15, -0.1) is 0 Å². The molecule has 0 radical (unpaired) electrons. The smallest absolute Gasteiger partial charge is 0.200 e. The van der Waals surface area contributed by atoms with Crippen LogP contribution in [-0.2, 0) is 0 Å². The standard InChI is InChI=1S/C20H9F9/c1-6-3-4-7(2)8(5-6)9-12(21)14(23)10(15(24)13(9)22)11-16(25)18(27)20(29)19(28)17(11)26/h3-5H,1-2H3. The summed E-state index contributed by atoms with van der Waals surface area (Å²) in [7, 11) is 0. The van der Waals surface area contributed by atoms with Gasteiger partial charge in [0.25, 0.3) is 0 Å². The third kappa shape index (κ3) is 3.04. The van der Waals surface area contributed by atoms with Crippen molar-refractivity contribution >= 4 is 0 Å². The van der Waals surface area contributed by atoms with E-state index in [-0.39, 0.29) is 11.1 Å². The molecule has 0 amide bonds. The minimum Gasteiger partial charge on any atom is -0.203 e. The highest BCUT2D eigenvalue weighted by Crippen LogP contribution is 2.41. The molecule has 0 N–H and O–H groups in total. The normalized spacial score (nSPS) is 11.3. The van der Waals surface area contributed by atoms with Gasteiger partial charge in [-0.3, -0.25) is 0 Å². The maximum absolute atomic E-state index is 14.6. The van der Waals surface area contributed by atoms with Gasteiger partial charge in [-0.1, -0.05) is 23.8 Å². The van der Waals surface area contributed by atoms with Gasteiger partial charge in [0.1, 0.15) is 0 Å². The molecule has 29 heavy (non-hydrogen) atoms. The summed E-state index contributed by atoms with van der Waals surface area (Å²) in [5.41, 5.74) is -4.87. The van der Waals surface area contributed by atoms with Crippen LogP contribution in [0.1, 0.15) is 11.1 Å². The predicted molar refractivity (Wildman–Crippen MR) is 86.4 cm³/mol. The number of halogens is 9. The maximum atomic E-state index is 14.6. The van der Waals surface area contributed by atoms with Gasteiger partial charge in [0.15, 0.2) is 46.5 Å². The van der Waals surface area contributed by atoms with Crippen LogP contribution in [-0.4, -0.2) is 0 Å².